The number of aryl methyl sites for hydroxylation is 2. The Hall–Kier alpha value is -3.46. The second kappa shape index (κ2) is 9.16. The number of nitrogens with zero attached hydrogens (tertiary/aromatic N) is 3. The molecule has 0 aliphatic rings. The average Bonchev–Trinajstić information content (AvgIpc) is 3.22. The molecule has 8 nitrogen and oxygen atoms in total. The summed E-state index contributed by atoms with van der Waals surface area (Å²) in [7, 11) is 1.44. The van der Waals surface area contributed by atoms with Crippen molar-refractivity contribution in [2.45, 2.75) is 20.5 Å². The van der Waals surface area contributed by atoms with Crippen LogP contribution in [-0.4, -0.2) is 23.2 Å². The van der Waals surface area contributed by atoms with Gasteiger partial charge in [0, 0.05) is 23.2 Å². The predicted molar refractivity (Wildman–Crippen MR) is 113 cm³/mol. The molecule has 29 heavy (non-hydrogen) atoms. The minimum Gasteiger partial charge on any atom is -0.493 e. The van der Waals surface area contributed by atoms with Gasteiger partial charge in [0.15, 0.2) is 5.75 Å². The van der Waals surface area contributed by atoms with Crippen molar-refractivity contribution in [3.05, 3.63) is 74.3 Å². The van der Waals surface area contributed by atoms with Crippen molar-refractivity contribution in [2.75, 3.05) is 12.5 Å². The number of hydrogen-bond acceptors (Lipinski definition) is 8. The highest BCUT2D eigenvalue weighted by Gasteiger charge is 2.22. The van der Waals surface area contributed by atoms with Crippen LogP contribution in [0.3, 0.4) is 0 Å². The van der Waals surface area contributed by atoms with Gasteiger partial charge in [0.2, 0.25) is 10.9 Å². The Kier molecular flexibility index (Phi) is 6.40. The molecular weight excluding hydrogens is 392 g/mol. The lowest BCUT2D eigenvalue weighted by molar-refractivity contribution is -0.386. The largest absolute Gasteiger partial charge is 0.493 e. The first-order valence-electron chi connectivity index (χ1n) is 8.72. The molecule has 9 heteroatoms. The lowest BCUT2D eigenvalue weighted by Gasteiger charge is -2.13. The second-order valence-electron chi connectivity index (χ2n) is 6.25. The van der Waals surface area contributed by atoms with E-state index in [-0.39, 0.29) is 23.8 Å². The van der Waals surface area contributed by atoms with Crippen molar-refractivity contribution in [1.82, 2.24) is 4.98 Å². The van der Waals surface area contributed by atoms with Gasteiger partial charge < -0.3 is 9.47 Å². The summed E-state index contributed by atoms with van der Waals surface area (Å²) in [5.74, 6) is 0.351. The maximum absolute atomic E-state index is 11.6. The van der Waals surface area contributed by atoms with Crippen LogP contribution in [0.4, 0.5) is 10.8 Å². The molecule has 0 saturated heterocycles. The first kappa shape index (κ1) is 20.3. The van der Waals surface area contributed by atoms with E-state index in [9.17, 15) is 10.1 Å². The summed E-state index contributed by atoms with van der Waals surface area (Å²) >= 11 is 1.39. The molecule has 0 radical (unpaired) electrons. The molecule has 2 aromatic carbocycles. The smallest absolute Gasteiger partial charge is 0.315 e. The van der Waals surface area contributed by atoms with Gasteiger partial charge >= 0.3 is 5.69 Å². The second-order valence-corrected chi connectivity index (χ2v) is 7.15. The molecule has 0 amide bonds. The summed E-state index contributed by atoms with van der Waals surface area (Å²) in [6.45, 7) is 4.16. The monoisotopic (exact) mass is 412 g/mol. The van der Waals surface area contributed by atoms with E-state index in [0.717, 1.165) is 16.7 Å². The lowest BCUT2D eigenvalue weighted by Crippen LogP contribution is -2.04. The van der Waals surface area contributed by atoms with Crippen molar-refractivity contribution in [3.63, 3.8) is 0 Å². The molecule has 0 unspecified atom stereocenters. The zero-order valence-corrected chi connectivity index (χ0v) is 17.0. The third-order valence-electron chi connectivity index (χ3n) is 4.16. The number of aromatic nitrogens is 1. The molecule has 1 heterocycles. The highest BCUT2D eigenvalue weighted by molar-refractivity contribution is 7.13. The molecule has 0 bridgehead atoms. The highest BCUT2D eigenvalue weighted by atomic mass is 32.1. The quantitative estimate of drug-likeness (QED) is 0.327. The van der Waals surface area contributed by atoms with Gasteiger partial charge in [-0.05, 0) is 31.0 Å². The van der Waals surface area contributed by atoms with Gasteiger partial charge in [-0.1, -0.05) is 23.8 Å². The van der Waals surface area contributed by atoms with Crippen molar-refractivity contribution in [1.29, 1.82) is 0 Å². The molecule has 0 aliphatic carbocycles. The van der Waals surface area contributed by atoms with E-state index in [1.807, 2.05) is 37.4 Å². The molecule has 3 rings (SSSR count). The Labute approximate surface area is 172 Å². The molecule has 0 spiro atoms. The van der Waals surface area contributed by atoms with Crippen LogP contribution in [-0.2, 0) is 6.61 Å². The maximum Gasteiger partial charge on any atom is 0.315 e. The van der Waals surface area contributed by atoms with Crippen LogP contribution in [0.1, 0.15) is 22.3 Å². The van der Waals surface area contributed by atoms with Gasteiger partial charge in [0.05, 0.1) is 18.2 Å². The molecule has 1 N–H and O–H groups in total. The Morgan fingerprint density at radius 2 is 2.14 bits per heavy atom. The fourth-order valence-electron chi connectivity index (χ4n) is 2.66. The van der Waals surface area contributed by atoms with Crippen LogP contribution in [0.2, 0.25) is 0 Å². The summed E-state index contributed by atoms with van der Waals surface area (Å²) in [4.78, 5) is 15.2. The van der Waals surface area contributed by atoms with E-state index in [4.69, 9.17) is 9.47 Å². The third-order valence-corrected chi connectivity index (χ3v) is 4.83. The number of rotatable bonds is 8. The molecule has 0 fully saturated rings. The summed E-state index contributed by atoms with van der Waals surface area (Å²) in [5, 5.41) is 18.1. The van der Waals surface area contributed by atoms with Crippen molar-refractivity contribution < 1.29 is 14.4 Å². The zero-order valence-electron chi connectivity index (χ0n) is 16.2. The molecule has 1 aromatic heterocycles. The van der Waals surface area contributed by atoms with Gasteiger partial charge in [-0.2, -0.15) is 5.10 Å². The number of nitro benzene ring substituents is 1. The van der Waals surface area contributed by atoms with Gasteiger partial charge in [-0.3, -0.25) is 15.5 Å². The number of nitrogens with one attached hydrogen (secondary N) is 1. The Morgan fingerprint density at radius 3 is 2.83 bits per heavy atom. The van der Waals surface area contributed by atoms with Crippen LogP contribution in [0.15, 0.2) is 47.0 Å². The number of hydrogen-bond donors (Lipinski definition) is 1. The van der Waals surface area contributed by atoms with Gasteiger partial charge in [-0.15, -0.1) is 11.3 Å². The van der Waals surface area contributed by atoms with Crippen LogP contribution in [0, 0.1) is 24.0 Å². The normalized spacial score (nSPS) is 10.9. The summed E-state index contributed by atoms with van der Waals surface area (Å²) < 4.78 is 11.2. The Bertz CT molecular complexity index is 1040. The average molecular weight is 412 g/mol. The first-order chi connectivity index (χ1) is 14.0. The maximum atomic E-state index is 11.6. The number of thiazole rings is 1. The number of hydrazone groups is 1. The van der Waals surface area contributed by atoms with Crippen LogP contribution < -0.4 is 14.9 Å². The molecule has 0 saturated carbocycles. The standard InChI is InChI=1S/C20H20N4O4S/c1-13-4-5-14(2)16(8-13)12-28-19-17(24(25)26)9-15(10-18(19)27-3)11-22-23-20-21-6-7-29-20/h4-11H,12H2,1-3H3,(H,21,23)/b22-11-. The van der Waals surface area contributed by atoms with Crippen molar-refractivity contribution in [2.24, 2.45) is 5.10 Å². The van der Waals surface area contributed by atoms with Crippen LogP contribution in [0.5, 0.6) is 11.5 Å². The van der Waals surface area contributed by atoms with Crippen molar-refractivity contribution in [3.8, 4) is 11.5 Å². The van der Waals surface area contributed by atoms with E-state index in [1.165, 1.54) is 30.7 Å². The van der Waals surface area contributed by atoms with Crippen LogP contribution in [0.25, 0.3) is 0 Å². The third kappa shape index (κ3) is 5.08. The summed E-state index contributed by atoms with van der Waals surface area (Å²) in [6, 6.07) is 9.04. The van der Waals surface area contributed by atoms with E-state index in [2.05, 4.69) is 15.5 Å². The Morgan fingerprint density at radius 1 is 1.31 bits per heavy atom. The minimum atomic E-state index is -0.494. The summed E-state index contributed by atoms with van der Waals surface area (Å²) in [5.41, 5.74) is 6.18. The topological polar surface area (TPSA) is 98.9 Å². The van der Waals surface area contributed by atoms with Gasteiger partial charge in [0.1, 0.15) is 6.61 Å². The van der Waals surface area contributed by atoms with E-state index in [1.54, 1.807) is 12.3 Å². The van der Waals surface area contributed by atoms with Gasteiger partial charge in [0.25, 0.3) is 0 Å². The fourth-order valence-corrected chi connectivity index (χ4v) is 3.14. The highest BCUT2D eigenvalue weighted by Crippen LogP contribution is 2.38. The van der Waals surface area contributed by atoms with Crippen molar-refractivity contribution >= 4 is 28.4 Å². The Balaban J connectivity index is 1.86. The van der Waals surface area contributed by atoms with Crippen LogP contribution >= 0.6 is 11.3 Å². The number of nitro groups is 1. The molecule has 150 valence electrons. The number of ether oxygens (including phenoxy) is 2. The number of methoxy groups -OCH3 is 1. The predicted octanol–water partition coefficient (Wildman–Crippen LogP) is 4.70. The van der Waals surface area contributed by atoms with E-state index >= 15 is 0 Å². The SMILES string of the molecule is COc1cc(/C=N\Nc2nccs2)cc([N+](=O)[O-])c1OCc1cc(C)ccc1C. The van der Waals surface area contributed by atoms with E-state index in [0.29, 0.717) is 10.7 Å². The lowest BCUT2D eigenvalue weighted by atomic mass is 10.1. The fraction of sp³-hybridized carbons (Fsp3) is 0.200. The first-order valence-corrected chi connectivity index (χ1v) is 9.60. The van der Waals surface area contributed by atoms with Gasteiger partial charge in [-0.25, -0.2) is 4.98 Å². The summed E-state index contributed by atoms with van der Waals surface area (Å²) in [6.07, 6.45) is 3.11. The molecule has 3 aromatic rings. The molecule has 0 atom stereocenters. The zero-order chi connectivity index (χ0) is 20.8. The molecular formula is C20H20N4O4S. The number of benzene rings is 2. The molecule has 0 aliphatic heterocycles. The minimum absolute atomic E-state index is 0.0865. The van der Waals surface area contributed by atoms with E-state index < -0.39 is 4.92 Å². The number of anilines is 1.